The Hall–Kier alpha value is -5.04. The van der Waals surface area contributed by atoms with Crippen LogP contribution in [0.25, 0.3) is 22.2 Å². The van der Waals surface area contributed by atoms with Crippen LogP contribution in [0.5, 0.6) is 5.75 Å². The fraction of sp³-hybridized carbons (Fsp3) is 0.0968. The number of amides is 2. The highest BCUT2D eigenvalue weighted by molar-refractivity contribution is 6.02. The number of phenolic OH excluding ortho intramolecular Hbond substituents is 1. The van der Waals surface area contributed by atoms with Crippen LogP contribution in [0.15, 0.2) is 103 Å². The molecule has 38 heavy (non-hydrogen) atoms. The van der Waals surface area contributed by atoms with Crippen molar-refractivity contribution < 1.29 is 9.90 Å². The zero-order valence-corrected chi connectivity index (χ0v) is 20.8. The first-order chi connectivity index (χ1) is 18.5. The number of aryl methyl sites for hydroxylation is 1. The number of anilines is 1. The number of carbonyl (C=O) groups is 1. The third-order valence-corrected chi connectivity index (χ3v) is 6.35. The van der Waals surface area contributed by atoms with Gasteiger partial charge in [0.15, 0.2) is 0 Å². The molecule has 3 aromatic carbocycles. The summed E-state index contributed by atoms with van der Waals surface area (Å²) in [6.45, 7) is 2.03. The van der Waals surface area contributed by atoms with E-state index in [9.17, 15) is 9.90 Å². The van der Waals surface area contributed by atoms with Crippen molar-refractivity contribution in [2.45, 2.75) is 19.4 Å². The number of benzene rings is 3. The first-order valence-corrected chi connectivity index (χ1v) is 12.3. The summed E-state index contributed by atoms with van der Waals surface area (Å²) in [6.07, 6.45) is 3.43. The number of rotatable bonds is 7. The molecule has 2 heterocycles. The second kappa shape index (κ2) is 10.9. The van der Waals surface area contributed by atoms with E-state index in [-0.39, 0.29) is 12.2 Å². The maximum Gasteiger partial charge on any atom is 0.319 e. The Morgan fingerprint density at radius 1 is 0.974 bits per heavy atom. The van der Waals surface area contributed by atoms with Crippen molar-refractivity contribution in [3.63, 3.8) is 0 Å². The fourth-order valence-electron chi connectivity index (χ4n) is 4.35. The van der Waals surface area contributed by atoms with Gasteiger partial charge in [-0.15, -0.1) is 0 Å². The number of carbonyl (C=O) groups excluding carboxylic acids is 1. The molecule has 0 saturated heterocycles. The smallest absolute Gasteiger partial charge is 0.319 e. The number of fused-ring (bicyclic) bond motifs is 1. The molecule has 2 amide bonds. The van der Waals surface area contributed by atoms with Crippen LogP contribution in [0.1, 0.15) is 29.2 Å². The number of aromatic hydroxyl groups is 1. The van der Waals surface area contributed by atoms with Crippen molar-refractivity contribution in [1.29, 1.82) is 5.41 Å². The minimum Gasteiger partial charge on any atom is -0.508 e. The van der Waals surface area contributed by atoms with Gasteiger partial charge in [-0.25, -0.2) is 9.78 Å². The highest BCUT2D eigenvalue weighted by Crippen LogP contribution is 2.30. The van der Waals surface area contributed by atoms with Crippen LogP contribution < -0.4 is 10.6 Å². The predicted molar refractivity (Wildman–Crippen MR) is 151 cm³/mol. The average molecular weight is 502 g/mol. The number of hydrogen-bond acceptors (Lipinski definition) is 5. The molecule has 0 bridgehead atoms. The molecule has 0 saturated carbocycles. The molecule has 0 aliphatic rings. The summed E-state index contributed by atoms with van der Waals surface area (Å²) >= 11 is 0. The molecular formula is C31H27N5O2. The van der Waals surface area contributed by atoms with Crippen LogP contribution in [-0.2, 0) is 0 Å². The third-order valence-electron chi connectivity index (χ3n) is 6.35. The molecule has 5 rings (SSSR count). The maximum atomic E-state index is 13.4. The van der Waals surface area contributed by atoms with Crippen LogP contribution in [0, 0.1) is 12.3 Å². The van der Waals surface area contributed by atoms with Gasteiger partial charge in [0.05, 0.1) is 22.9 Å². The maximum absolute atomic E-state index is 13.4. The molecule has 0 aliphatic carbocycles. The van der Waals surface area contributed by atoms with Crippen LogP contribution >= 0.6 is 0 Å². The molecule has 188 valence electrons. The van der Waals surface area contributed by atoms with Gasteiger partial charge in [-0.2, -0.15) is 0 Å². The number of aromatic nitrogens is 2. The number of hydrogen-bond donors (Lipinski definition) is 4. The average Bonchev–Trinajstić information content (AvgIpc) is 2.94. The standard InChI is InChI=1S/C31H27N5O2/c1-20-12-14-21(15-13-20)27-18-29(23-8-2-4-10-26(23)34-27)36-31(38)35-28(24-9-3-5-11-30(24)37)17-25(32)22-7-6-16-33-19-22/h2-16,18-19,28,32,37H,17H2,1H3,(H2,34,35,36,38). The van der Waals surface area contributed by atoms with Crippen molar-refractivity contribution >= 4 is 28.3 Å². The topological polar surface area (TPSA) is 111 Å². The summed E-state index contributed by atoms with van der Waals surface area (Å²) in [5.41, 5.74) is 5.69. The highest BCUT2D eigenvalue weighted by Gasteiger charge is 2.21. The molecule has 7 heteroatoms. The summed E-state index contributed by atoms with van der Waals surface area (Å²) in [7, 11) is 0. The Kier molecular flexibility index (Phi) is 7.08. The molecule has 7 nitrogen and oxygen atoms in total. The molecular weight excluding hydrogens is 474 g/mol. The number of para-hydroxylation sites is 2. The van der Waals surface area contributed by atoms with E-state index in [1.807, 2.05) is 61.5 Å². The van der Waals surface area contributed by atoms with E-state index in [0.717, 1.165) is 27.7 Å². The van der Waals surface area contributed by atoms with Crippen molar-refractivity contribution in [3.8, 4) is 17.0 Å². The van der Waals surface area contributed by atoms with E-state index < -0.39 is 12.1 Å². The monoisotopic (exact) mass is 501 g/mol. The summed E-state index contributed by atoms with van der Waals surface area (Å²) in [6, 6.07) is 26.9. The summed E-state index contributed by atoms with van der Waals surface area (Å²) in [5.74, 6) is 0.0489. The quantitative estimate of drug-likeness (QED) is 0.188. The lowest BCUT2D eigenvalue weighted by molar-refractivity contribution is 0.248. The molecule has 1 atom stereocenters. The van der Waals surface area contributed by atoms with E-state index in [1.54, 1.807) is 48.8 Å². The van der Waals surface area contributed by atoms with Crippen LogP contribution in [0.3, 0.4) is 0 Å². The molecule has 0 spiro atoms. The first-order valence-electron chi connectivity index (χ1n) is 12.3. The second-order valence-corrected chi connectivity index (χ2v) is 9.07. The lowest BCUT2D eigenvalue weighted by atomic mass is 9.97. The zero-order chi connectivity index (χ0) is 26.5. The molecule has 2 aromatic heterocycles. The number of pyridine rings is 2. The molecule has 0 aliphatic heterocycles. The molecule has 0 fully saturated rings. The van der Waals surface area contributed by atoms with Gasteiger partial charge in [0.1, 0.15) is 5.75 Å². The largest absolute Gasteiger partial charge is 0.508 e. The highest BCUT2D eigenvalue weighted by atomic mass is 16.3. The van der Waals surface area contributed by atoms with Gasteiger partial charge < -0.3 is 21.1 Å². The molecule has 5 aromatic rings. The van der Waals surface area contributed by atoms with Crippen LogP contribution in [-0.4, -0.2) is 26.8 Å². The third kappa shape index (κ3) is 5.52. The van der Waals surface area contributed by atoms with Gasteiger partial charge in [-0.3, -0.25) is 4.98 Å². The van der Waals surface area contributed by atoms with Crippen molar-refractivity contribution in [1.82, 2.24) is 15.3 Å². The summed E-state index contributed by atoms with van der Waals surface area (Å²) in [4.78, 5) is 22.2. The van der Waals surface area contributed by atoms with Gasteiger partial charge in [-0.1, -0.05) is 72.3 Å². The Morgan fingerprint density at radius 2 is 1.74 bits per heavy atom. The lowest BCUT2D eigenvalue weighted by Crippen LogP contribution is -2.34. The van der Waals surface area contributed by atoms with Gasteiger partial charge in [0, 0.05) is 46.6 Å². The zero-order valence-electron chi connectivity index (χ0n) is 20.8. The SMILES string of the molecule is Cc1ccc(-c2cc(NC(=O)NC(CC(=N)c3cccnc3)c3ccccc3O)c3ccccc3n2)cc1. The Labute approximate surface area is 220 Å². The van der Waals surface area contributed by atoms with Crippen molar-refractivity contribution in [3.05, 3.63) is 120 Å². The Morgan fingerprint density at radius 3 is 2.50 bits per heavy atom. The lowest BCUT2D eigenvalue weighted by Gasteiger charge is -2.21. The molecule has 1 unspecified atom stereocenters. The van der Waals surface area contributed by atoms with E-state index in [4.69, 9.17) is 10.4 Å². The minimum absolute atomic E-state index is 0.0489. The Bertz CT molecular complexity index is 1600. The number of nitrogens with zero attached hydrogens (tertiary/aromatic N) is 2. The van der Waals surface area contributed by atoms with E-state index >= 15 is 0 Å². The fourth-order valence-corrected chi connectivity index (χ4v) is 4.35. The van der Waals surface area contributed by atoms with Crippen molar-refractivity contribution in [2.24, 2.45) is 0 Å². The van der Waals surface area contributed by atoms with Gasteiger partial charge in [0.25, 0.3) is 0 Å². The molecule has 0 radical (unpaired) electrons. The normalized spacial score (nSPS) is 11.6. The first kappa shape index (κ1) is 24.6. The number of urea groups is 1. The predicted octanol–water partition coefficient (Wildman–Crippen LogP) is 6.63. The number of phenols is 1. The van der Waals surface area contributed by atoms with E-state index in [2.05, 4.69) is 15.6 Å². The van der Waals surface area contributed by atoms with E-state index in [0.29, 0.717) is 22.5 Å². The van der Waals surface area contributed by atoms with Gasteiger partial charge in [-0.05, 0) is 31.2 Å². The van der Waals surface area contributed by atoms with Crippen molar-refractivity contribution in [2.75, 3.05) is 5.32 Å². The summed E-state index contributed by atoms with van der Waals surface area (Å²) in [5, 5.41) is 25.9. The second-order valence-electron chi connectivity index (χ2n) is 9.07. The van der Waals surface area contributed by atoms with Gasteiger partial charge >= 0.3 is 6.03 Å². The summed E-state index contributed by atoms with van der Waals surface area (Å²) < 4.78 is 0. The minimum atomic E-state index is -0.645. The van der Waals surface area contributed by atoms with E-state index in [1.165, 1.54) is 0 Å². The van der Waals surface area contributed by atoms with Gasteiger partial charge in [0.2, 0.25) is 0 Å². The Balaban J connectivity index is 1.44. The van der Waals surface area contributed by atoms with Crippen LogP contribution in [0.4, 0.5) is 10.5 Å². The van der Waals surface area contributed by atoms with Crippen LogP contribution in [0.2, 0.25) is 0 Å². The molecule has 4 N–H and O–H groups in total. The number of nitrogens with one attached hydrogen (secondary N) is 3.